The summed E-state index contributed by atoms with van der Waals surface area (Å²) in [5.41, 5.74) is 0.321. The Labute approximate surface area is 377 Å². The Kier molecular flexibility index (Phi) is 13.8. The van der Waals surface area contributed by atoms with Crippen molar-refractivity contribution in [1.82, 2.24) is 0 Å². The molecule has 8 fully saturated rings. The zero-order chi connectivity index (χ0) is 46.5. The van der Waals surface area contributed by atoms with Gasteiger partial charge in [0.05, 0.1) is 45.2 Å². The topological polar surface area (TPSA) is 313 Å². The van der Waals surface area contributed by atoms with E-state index in [-0.39, 0.29) is 59.4 Å². The SMILES string of the molecule is C[C@H]1[C@H]2[C@H](C[C@H]3[C@@H]4CC=C5C[C@@H](O[C@@H]6O[C@H](CO)[C@H](O[C@@H]7O[C@H](CO)[C@@H](O)[C@H](O)[C@H]7O)[C@@H](O)[C@H]6O)CC[C@]5(C)[C@H]4CC(=O)[C@]23C)O[C@]12CC[C@@H](CO[C@H]1O[C@H](CO)[C@@H](O)[C@H](O)[C@H]1O)CO2. The van der Waals surface area contributed by atoms with Crippen LogP contribution in [0.4, 0.5) is 0 Å². The molecule has 1 spiro atoms. The maximum Gasteiger partial charge on any atom is 0.187 e. The molecule has 20 heteroatoms. The van der Waals surface area contributed by atoms with Crippen LogP contribution in [-0.4, -0.2) is 205 Å². The van der Waals surface area contributed by atoms with E-state index in [1.165, 1.54) is 5.57 Å². The maximum absolute atomic E-state index is 14.7. The van der Waals surface area contributed by atoms with Crippen LogP contribution in [0.5, 0.6) is 0 Å². The summed E-state index contributed by atoms with van der Waals surface area (Å²) in [4.78, 5) is 14.7. The lowest BCUT2D eigenvalue weighted by atomic mass is 9.46. The van der Waals surface area contributed by atoms with Crippen molar-refractivity contribution in [3.05, 3.63) is 11.6 Å². The zero-order valence-electron chi connectivity index (χ0n) is 37.1. The van der Waals surface area contributed by atoms with Crippen LogP contribution in [0.2, 0.25) is 0 Å². The van der Waals surface area contributed by atoms with E-state index in [0.29, 0.717) is 38.7 Å². The average Bonchev–Trinajstić information content (AvgIpc) is 3.75. The molecule has 0 aromatic carbocycles. The van der Waals surface area contributed by atoms with Gasteiger partial charge in [-0.15, -0.1) is 0 Å². The molecule has 0 bridgehead atoms. The first kappa shape index (κ1) is 48.7. The zero-order valence-corrected chi connectivity index (χ0v) is 37.1. The van der Waals surface area contributed by atoms with Gasteiger partial charge in [0.2, 0.25) is 0 Å². The van der Waals surface area contributed by atoms with Crippen molar-refractivity contribution >= 4 is 5.78 Å². The first-order valence-electron chi connectivity index (χ1n) is 23.6. The number of ketones is 1. The van der Waals surface area contributed by atoms with Crippen LogP contribution in [0.25, 0.3) is 0 Å². The van der Waals surface area contributed by atoms with E-state index in [1.54, 1.807) is 0 Å². The fourth-order valence-electron chi connectivity index (χ4n) is 13.8. The van der Waals surface area contributed by atoms with Crippen molar-refractivity contribution in [2.75, 3.05) is 33.0 Å². The van der Waals surface area contributed by atoms with E-state index >= 15 is 0 Å². The van der Waals surface area contributed by atoms with Crippen molar-refractivity contribution in [2.45, 2.75) is 182 Å². The molecule has 0 aromatic heterocycles. The monoisotopic (exact) mass is 930 g/mol. The van der Waals surface area contributed by atoms with E-state index in [1.807, 2.05) is 0 Å². The predicted octanol–water partition coefficient (Wildman–Crippen LogP) is -2.66. The lowest BCUT2D eigenvalue weighted by Gasteiger charge is -2.58. The van der Waals surface area contributed by atoms with Crippen molar-refractivity contribution < 1.29 is 98.9 Å². The van der Waals surface area contributed by atoms with Crippen LogP contribution in [0.3, 0.4) is 0 Å². The van der Waals surface area contributed by atoms with Gasteiger partial charge >= 0.3 is 0 Å². The Balaban J connectivity index is 0.808. The Bertz CT molecular complexity index is 1720. The van der Waals surface area contributed by atoms with Gasteiger partial charge in [0.15, 0.2) is 24.7 Å². The number of aliphatic hydroxyl groups excluding tert-OH is 11. The predicted molar refractivity (Wildman–Crippen MR) is 217 cm³/mol. The molecular formula is C45H70O20. The molecule has 26 atom stereocenters. The van der Waals surface area contributed by atoms with Gasteiger partial charge in [-0.1, -0.05) is 32.4 Å². The normalized spacial score (nSPS) is 55.6. The summed E-state index contributed by atoms with van der Waals surface area (Å²) in [6.45, 7) is 5.13. The summed E-state index contributed by atoms with van der Waals surface area (Å²) in [7, 11) is 0. The fourth-order valence-corrected chi connectivity index (χ4v) is 13.8. The van der Waals surface area contributed by atoms with Crippen LogP contribution in [0, 0.1) is 46.3 Å². The summed E-state index contributed by atoms with van der Waals surface area (Å²) in [5.74, 6) is -0.210. The third-order valence-electron chi connectivity index (χ3n) is 17.7. The molecule has 9 aliphatic rings. The second-order valence-electron chi connectivity index (χ2n) is 20.9. The highest BCUT2D eigenvalue weighted by atomic mass is 16.7. The highest BCUT2D eigenvalue weighted by Crippen LogP contribution is 2.69. The molecule has 0 aromatic rings. The van der Waals surface area contributed by atoms with E-state index in [0.717, 1.165) is 19.3 Å². The lowest BCUT2D eigenvalue weighted by Crippen LogP contribution is -2.65. The number of hydrogen-bond donors (Lipinski definition) is 11. The lowest BCUT2D eigenvalue weighted by molar-refractivity contribution is -0.363. The number of allylic oxidation sites excluding steroid dienone is 1. The summed E-state index contributed by atoms with van der Waals surface area (Å²) in [6.07, 6.45) is -15.2. The molecular weight excluding hydrogens is 860 g/mol. The van der Waals surface area contributed by atoms with Gasteiger partial charge in [0.25, 0.3) is 0 Å². The second-order valence-corrected chi connectivity index (χ2v) is 20.9. The molecule has 5 heterocycles. The Hall–Kier alpha value is -1.35. The van der Waals surface area contributed by atoms with Crippen molar-refractivity contribution in [3.63, 3.8) is 0 Å². The number of Topliss-reactive ketones (excluding diaryl/α,β-unsaturated/α-hetero) is 1. The van der Waals surface area contributed by atoms with Gasteiger partial charge in [-0.3, -0.25) is 4.79 Å². The molecule has 5 aliphatic heterocycles. The number of aliphatic hydroxyl groups is 11. The third kappa shape index (κ3) is 8.01. The largest absolute Gasteiger partial charge is 0.394 e. The molecule has 0 radical (unpaired) electrons. The van der Waals surface area contributed by atoms with Crippen LogP contribution in [0.15, 0.2) is 11.6 Å². The van der Waals surface area contributed by atoms with Gasteiger partial charge < -0.3 is 94.1 Å². The van der Waals surface area contributed by atoms with Gasteiger partial charge in [-0.25, -0.2) is 0 Å². The van der Waals surface area contributed by atoms with Crippen molar-refractivity contribution in [2.24, 2.45) is 46.3 Å². The van der Waals surface area contributed by atoms with Gasteiger partial charge in [-0.2, -0.15) is 0 Å². The molecule has 3 saturated carbocycles. The molecule has 65 heavy (non-hydrogen) atoms. The van der Waals surface area contributed by atoms with Crippen LogP contribution in [0.1, 0.15) is 72.1 Å². The number of carbonyl (C=O) groups excluding carboxylic acids is 1. The average molecular weight is 931 g/mol. The minimum atomic E-state index is -1.77. The molecule has 20 nitrogen and oxygen atoms in total. The number of rotatable bonds is 10. The molecule has 9 rings (SSSR count). The summed E-state index contributed by atoms with van der Waals surface area (Å²) in [6, 6.07) is 0. The second kappa shape index (κ2) is 18.4. The number of fused-ring (bicyclic) bond motifs is 7. The maximum atomic E-state index is 14.7. The molecule has 370 valence electrons. The van der Waals surface area contributed by atoms with E-state index in [2.05, 4.69) is 26.8 Å². The quantitative estimate of drug-likeness (QED) is 0.0997. The van der Waals surface area contributed by atoms with Gasteiger partial charge in [0.1, 0.15) is 79.0 Å². The summed E-state index contributed by atoms with van der Waals surface area (Å²) >= 11 is 0. The summed E-state index contributed by atoms with van der Waals surface area (Å²) in [5, 5.41) is 113. The van der Waals surface area contributed by atoms with E-state index in [4.69, 9.17) is 37.9 Å². The number of carbonyl (C=O) groups is 1. The minimum Gasteiger partial charge on any atom is -0.394 e. The molecule has 0 unspecified atom stereocenters. The molecule has 11 N–H and O–H groups in total. The van der Waals surface area contributed by atoms with Gasteiger partial charge in [0, 0.05) is 36.0 Å². The standard InChI is InChI=1S/C45H70O20/c1-18-30-25(65-45(18)9-6-19(17-59-45)16-58-40-36(55)33(52)31(50)26(13-46)61-40)11-24-22-5-4-20-10-21(7-8-43(20,2)23(22)12-29(49)44(24,30)3)60-41-38(57)35(54)39(28(15-48)63-41)64-42-37(56)34(53)32(51)27(14-47)62-42/h4,18-19,21-28,30-42,46-48,50-57H,5-17H2,1-3H3/t18-,19-,21-,22+,23-,24-,25-,26+,27+,28+,30-,31+,32+,33-,34-,35-,36+,37+,38+,39-,40-,41+,42-,43-,44+,45+/m0/s1. The number of ether oxygens (including phenoxy) is 8. The molecule has 5 saturated heterocycles. The fraction of sp³-hybridized carbons (Fsp3) is 0.933. The highest BCUT2D eigenvalue weighted by molar-refractivity contribution is 5.87. The van der Waals surface area contributed by atoms with Crippen LogP contribution < -0.4 is 0 Å². The Morgan fingerprint density at radius 2 is 1.32 bits per heavy atom. The number of hydrogen-bond acceptors (Lipinski definition) is 20. The van der Waals surface area contributed by atoms with E-state index < -0.39 is 129 Å². The summed E-state index contributed by atoms with van der Waals surface area (Å²) < 4.78 is 48.2. The Morgan fingerprint density at radius 1 is 0.708 bits per heavy atom. The van der Waals surface area contributed by atoms with Crippen LogP contribution in [-0.2, 0) is 42.7 Å². The molecule has 4 aliphatic carbocycles. The first-order chi connectivity index (χ1) is 30.9. The van der Waals surface area contributed by atoms with Gasteiger partial charge in [-0.05, 0) is 61.7 Å². The van der Waals surface area contributed by atoms with Crippen molar-refractivity contribution in [1.29, 1.82) is 0 Å². The third-order valence-corrected chi connectivity index (χ3v) is 17.7. The Morgan fingerprint density at radius 3 is 1.97 bits per heavy atom. The van der Waals surface area contributed by atoms with E-state index in [9.17, 15) is 61.0 Å². The highest BCUT2D eigenvalue weighted by Gasteiger charge is 2.71. The smallest absolute Gasteiger partial charge is 0.187 e. The first-order valence-corrected chi connectivity index (χ1v) is 23.6. The minimum absolute atomic E-state index is 0.0209. The molecule has 0 amide bonds. The van der Waals surface area contributed by atoms with Crippen molar-refractivity contribution in [3.8, 4) is 0 Å². The van der Waals surface area contributed by atoms with Crippen LogP contribution >= 0.6 is 0 Å².